The Bertz CT molecular complexity index is 971. The van der Waals surface area contributed by atoms with Crippen LogP contribution in [0.25, 0.3) is 0 Å². The van der Waals surface area contributed by atoms with Gasteiger partial charge in [0.1, 0.15) is 0 Å². The van der Waals surface area contributed by atoms with Crippen molar-refractivity contribution in [2.24, 2.45) is 0 Å². The first-order valence-corrected chi connectivity index (χ1v) is 10.9. The van der Waals surface area contributed by atoms with E-state index in [1.807, 2.05) is 30.3 Å². The molecule has 0 saturated carbocycles. The van der Waals surface area contributed by atoms with E-state index in [1.54, 1.807) is 28.0 Å². The molecule has 0 aliphatic carbocycles. The summed E-state index contributed by atoms with van der Waals surface area (Å²) in [6.07, 6.45) is 1.07. The van der Waals surface area contributed by atoms with Gasteiger partial charge in [0.15, 0.2) is 17.3 Å². The van der Waals surface area contributed by atoms with E-state index < -0.39 is 0 Å². The number of Topliss-reactive ketones (excluding diaryl/α,β-unsaturated/α-hetero) is 1. The number of ether oxygens (including phenoxy) is 2. The van der Waals surface area contributed by atoms with Crippen LogP contribution in [0.5, 0.6) is 11.5 Å². The quantitative estimate of drug-likeness (QED) is 0.726. The minimum Gasteiger partial charge on any atom is -0.490 e. The van der Waals surface area contributed by atoms with Crippen molar-refractivity contribution < 1.29 is 23.9 Å². The van der Waals surface area contributed by atoms with Crippen LogP contribution < -0.4 is 14.8 Å². The van der Waals surface area contributed by atoms with Gasteiger partial charge >= 0.3 is 6.03 Å². The molecule has 0 aromatic heterocycles. The van der Waals surface area contributed by atoms with E-state index in [0.717, 1.165) is 12.1 Å². The Hall–Kier alpha value is -3.55. The lowest BCUT2D eigenvalue weighted by Gasteiger charge is -2.34. The number of carbonyl (C=O) groups is 3. The number of hydrogen-bond acceptors (Lipinski definition) is 5. The lowest BCUT2D eigenvalue weighted by atomic mass is 10.1. The Kier molecular flexibility index (Phi) is 6.89. The van der Waals surface area contributed by atoms with Gasteiger partial charge in [-0.3, -0.25) is 9.59 Å². The predicted octanol–water partition coefficient (Wildman–Crippen LogP) is 3.19. The van der Waals surface area contributed by atoms with Gasteiger partial charge in [-0.05, 0) is 30.3 Å². The molecule has 2 aromatic carbocycles. The van der Waals surface area contributed by atoms with Crippen LogP contribution in [0.15, 0.2) is 48.5 Å². The van der Waals surface area contributed by atoms with Gasteiger partial charge in [0.2, 0.25) is 5.91 Å². The van der Waals surface area contributed by atoms with E-state index in [4.69, 9.17) is 9.47 Å². The van der Waals surface area contributed by atoms with Crippen molar-refractivity contribution in [2.75, 3.05) is 44.7 Å². The summed E-state index contributed by atoms with van der Waals surface area (Å²) in [5.74, 6) is 1.04. The lowest BCUT2D eigenvalue weighted by Crippen LogP contribution is -2.51. The molecule has 2 aliphatic rings. The molecule has 1 N–H and O–H groups in total. The number of para-hydroxylation sites is 1. The SMILES string of the molecule is O=C(CCC(=O)N1CCN(C(=O)Nc2ccccc2)CC1)c1ccc2c(c1)OCCCO2. The minimum atomic E-state index is -0.173. The molecule has 4 rings (SSSR count). The second kappa shape index (κ2) is 10.2. The van der Waals surface area contributed by atoms with Gasteiger partial charge in [-0.1, -0.05) is 18.2 Å². The Labute approximate surface area is 187 Å². The summed E-state index contributed by atoms with van der Waals surface area (Å²) >= 11 is 0. The van der Waals surface area contributed by atoms with E-state index in [9.17, 15) is 14.4 Å². The minimum absolute atomic E-state index is 0.0733. The number of urea groups is 1. The molecule has 0 bridgehead atoms. The summed E-state index contributed by atoms with van der Waals surface area (Å²) in [6.45, 7) is 2.98. The smallest absolute Gasteiger partial charge is 0.321 e. The number of benzene rings is 2. The lowest BCUT2D eigenvalue weighted by molar-refractivity contribution is -0.132. The largest absolute Gasteiger partial charge is 0.490 e. The zero-order chi connectivity index (χ0) is 22.3. The highest BCUT2D eigenvalue weighted by Gasteiger charge is 2.24. The Morgan fingerprint density at radius 2 is 1.50 bits per heavy atom. The molecule has 1 saturated heterocycles. The molecule has 168 valence electrons. The standard InChI is InChI=1S/C24H27N3O5/c28-20(18-7-9-21-22(17-18)32-16-4-15-31-21)8-10-23(29)26-11-13-27(14-12-26)24(30)25-19-5-2-1-3-6-19/h1-3,5-7,9,17H,4,8,10-16H2,(H,25,30). The second-order valence-electron chi connectivity index (χ2n) is 7.80. The van der Waals surface area contributed by atoms with Crippen LogP contribution in [0.3, 0.4) is 0 Å². The van der Waals surface area contributed by atoms with Crippen LogP contribution in [0.1, 0.15) is 29.6 Å². The molecule has 0 atom stereocenters. The fraction of sp³-hybridized carbons (Fsp3) is 0.375. The monoisotopic (exact) mass is 437 g/mol. The number of ketones is 1. The maximum atomic E-state index is 12.6. The number of carbonyl (C=O) groups excluding carboxylic acids is 3. The maximum Gasteiger partial charge on any atom is 0.321 e. The average molecular weight is 437 g/mol. The first-order valence-electron chi connectivity index (χ1n) is 10.9. The number of hydrogen-bond donors (Lipinski definition) is 1. The number of fused-ring (bicyclic) bond motifs is 1. The van der Waals surface area contributed by atoms with Crippen molar-refractivity contribution in [3.63, 3.8) is 0 Å². The number of amides is 3. The second-order valence-corrected chi connectivity index (χ2v) is 7.80. The fourth-order valence-electron chi connectivity index (χ4n) is 3.74. The van der Waals surface area contributed by atoms with Crippen molar-refractivity contribution in [1.29, 1.82) is 0 Å². The fourth-order valence-corrected chi connectivity index (χ4v) is 3.74. The molecule has 1 fully saturated rings. The molecular weight excluding hydrogens is 410 g/mol. The molecular formula is C24H27N3O5. The summed E-state index contributed by atoms with van der Waals surface area (Å²) in [5, 5.41) is 2.86. The third kappa shape index (κ3) is 5.38. The highest BCUT2D eigenvalue weighted by atomic mass is 16.5. The van der Waals surface area contributed by atoms with Crippen molar-refractivity contribution in [3.8, 4) is 11.5 Å². The summed E-state index contributed by atoms with van der Waals surface area (Å²) in [7, 11) is 0. The van der Waals surface area contributed by atoms with Gasteiger partial charge in [-0.15, -0.1) is 0 Å². The number of rotatable bonds is 5. The summed E-state index contributed by atoms with van der Waals surface area (Å²) < 4.78 is 11.2. The normalized spacial score (nSPS) is 15.6. The zero-order valence-corrected chi connectivity index (χ0v) is 17.9. The first kappa shape index (κ1) is 21.7. The van der Waals surface area contributed by atoms with E-state index in [0.29, 0.717) is 56.5 Å². The Morgan fingerprint density at radius 3 is 2.25 bits per heavy atom. The summed E-state index contributed by atoms with van der Waals surface area (Å²) in [5.41, 5.74) is 1.26. The van der Waals surface area contributed by atoms with Gasteiger partial charge in [-0.25, -0.2) is 4.79 Å². The van der Waals surface area contributed by atoms with E-state index >= 15 is 0 Å². The van der Waals surface area contributed by atoms with Crippen LogP contribution in [0.2, 0.25) is 0 Å². The van der Waals surface area contributed by atoms with Crippen LogP contribution in [-0.2, 0) is 4.79 Å². The summed E-state index contributed by atoms with van der Waals surface area (Å²) in [4.78, 5) is 41.0. The van der Waals surface area contributed by atoms with Crippen molar-refractivity contribution in [1.82, 2.24) is 9.80 Å². The molecule has 32 heavy (non-hydrogen) atoms. The van der Waals surface area contributed by atoms with Gasteiger partial charge in [0.05, 0.1) is 13.2 Å². The third-order valence-corrected chi connectivity index (χ3v) is 5.58. The first-order chi connectivity index (χ1) is 15.6. The van der Waals surface area contributed by atoms with E-state index in [-0.39, 0.29) is 30.6 Å². The van der Waals surface area contributed by atoms with Gasteiger partial charge in [0, 0.05) is 56.7 Å². The van der Waals surface area contributed by atoms with Crippen molar-refractivity contribution in [2.45, 2.75) is 19.3 Å². The molecule has 2 heterocycles. The molecule has 3 amide bonds. The molecule has 0 spiro atoms. The number of anilines is 1. The molecule has 0 unspecified atom stereocenters. The molecule has 8 nitrogen and oxygen atoms in total. The Balaban J connectivity index is 1.23. The molecule has 0 radical (unpaired) electrons. The number of nitrogens with zero attached hydrogens (tertiary/aromatic N) is 2. The topological polar surface area (TPSA) is 88.2 Å². The average Bonchev–Trinajstić information content (AvgIpc) is 3.08. The van der Waals surface area contributed by atoms with Crippen LogP contribution in [0, 0.1) is 0 Å². The van der Waals surface area contributed by atoms with E-state index in [2.05, 4.69) is 5.32 Å². The highest BCUT2D eigenvalue weighted by molar-refractivity contribution is 5.98. The molecule has 8 heteroatoms. The van der Waals surface area contributed by atoms with E-state index in [1.165, 1.54) is 0 Å². The third-order valence-electron chi connectivity index (χ3n) is 5.58. The van der Waals surface area contributed by atoms with Crippen molar-refractivity contribution >= 4 is 23.4 Å². The molecule has 2 aromatic rings. The molecule has 2 aliphatic heterocycles. The van der Waals surface area contributed by atoms with Gasteiger partial charge < -0.3 is 24.6 Å². The Morgan fingerprint density at radius 1 is 0.812 bits per heavy atom. The zero-order valence-electron chi connectivity index (χ0n) is 17.9. The van der Waals surface area contributed by atoms with Gasteiger partial charge in [0.25, 0.3) is 0 Å². The number of piperazine rings is 1. The summed E-state index contributed by atoms with van der Waals surface area (Å²) in [6, 6.07) is 14.3. The number of nitrogens with one attached hydrogen (secondary N) is 1. The van der Waals surface area contributed by atoms with Crippen LogP contribution >= 0.6 is 0 Å². The maximum absolute atomic E-state index is 12.6. The highest BCUT2D eigenvalue weighted by Crippen LogP contribution is 2.30. The van der Waals surface area contributed by atoms with Crippen LogP contribution in [-0.4, -0.2) is 66.9 Å². The van der Waals surface area contributed by atoms with Gasteiger partial charge in [-0.2, -0.15) is 0 Å². The predicted molar refractivity (Wildman–Crippen MR) is 119 cm³/mol. The van der Waals surface area contributed by atoms with Crippen LogP contribution in [0.4, 0.5) is 10.5 Å². The van der Waals surface area contributed by atoms with Crippen molar-refractivity contribution in [3.05, 3.63) is 54.1 Å².